The second-order valence-electron chi connectivity index (χ2n) is 21.7. The summed E-state index contributed by atoms with van der Waals surface area (Å²) >= 11 is 13.3. The molecule has 2 aliphatic carbocycles. The number of β-amino-alcohol motifs (C(OH)–C–C–N with tert-alkyl or cyclic N) is 2. The van der Waals surface area contributed by atoms with Gasteiger partial charge in [-0.05, 0) is 174 Å². The summed E-state index contributed by atoms with van der Waals surface area (Å²) in [6.45, 7) is 12.2. The van der Waals surface area contributed by atoms with Gasteiger partial charge in [0.25, 0.3) is 0 Å². The fraction of sp³-hybridized carbons (Fsp3) is 0.429. The maximum absolute atomic E-state index is 13.9. The number of hydrogen-bond donors (Lipinski definition) is 6. The molecule has 2 aromatic heterocycles. The predicted molar refractivity (Wildman–Crippen MR) is 304 cm³/mol. The minimum absolute atomic E-state index is 0.0273. The molecule has 0 spiro atoms. The molecule has 5 atom stereocenters. The monoisotopic (exact) mass is 1080 g/mol. The Balaban J connectivity index is 0.758. The molecule has 4 heterocycles. The highest BCUT2D eigenvalue weighted by Gasteiger charge is 2.36. The molecular weight excluding hydrogens is 1010 g/mol. The highest BCUT2D eigenvalue weighted by molar-refractivity contribution is 7.70. The molecule has 1 unspecified atom stereocenters. The molecule has 4 aliphatic rings. The van der Waals surface area contributed by atoms with Gasteiger partial charge < -0.3 is 40.6 Å². The van der Waals surface area contributed by atoms with Gasteiger partial charge in [0.05, 0.1) is 36.0 Å². The lowest BCUT2D eigenvalue weighted by Gasteiger charge is -2.26. The smallest absolute Gasteiger partial charge is 0.229 e. The number of aliphatic hydroxyl groups is 2. The van der Waals surface area contributed by atoms with Crippen molar-refractivity contribution in [2.45, 2.75) is 95.4 Å². The van der Waals surface area contributed by atoms with Crippen LogP contribution in [0.15, 0.2) is 85.2 Å². The molecular formula is C56H68Cl2N10O4P2. The van der Waals surface area contributed by atoms with E-state index in [0.29, 0.717) is 75.3 Å². The van der Waals surface area contributed by atoms with Crippen LogP contribution in [-0.2, 0) is 41.2 Å². The van der Waals surface area contributed by atoms with Crippen molar-refractivity contribution >= 4 is 94.4 Å². The molecule has 18 heteroatoms. The molecule has 6 N–H and O–H groups in total. The third-order valence-electron chi connectivity index (χ3n) is 15.4. The number of nitrogens with zero attached hydrogens (tertiary/aromatic N) is 6. The van der Waals surface area contributed by atoms with Crippen LogP contribution in [-0.4, -0.2) is 117 Å². The molecule has 390 valence electrons. The molecule has 14 nitrogen and oxygen atoms in total. The van der Waals surface area contributed by atoms with E-state index >= 15 is 0 Å². The second-order valence-corrected chi connectivity index (χ2v) is 28.9. The number of hydrogen-bond acceptors (Lipinski definition) is 14. The van der Waals surface area contributed by atoms with Crippen molar-refractivity contribution in [2.24, 2.45) is 5.92 Å². The van der Waals surface area contributed by atoms with Crippen LogP contribution in [0.2, 0.25) is 10.0 Å². The van der Waals surface area contributed by atoms with Crippen LogP contribution in [0, 0.1) is 12.8 Å². The Kier molecular flexibility index (Phi) is 15.6. The lowest BCUT2D eigenvalue weighted by Crippen LogP contribution is -2.34. The van der Waals surface area contributed by atoms with Crippen LogP contribution in [0.3, 0.4) is 0 Å². The first-order valence-corrected chi connectivity index (χ1v) is 31.9. The van der Waals surface area contributed by atoms with Crippen LogP contribution < -0.4 is 31.9 Å². The number of aryl methyl sites for hydroxylation is 5. The number of fused-ring (bicyclic) bond motifs is 2. The van der Waals surface area contributed by atoms with Crippen LogP contribution in [0.1, 0.15) is 65.5 Å². The van der Waals surface area contributed by atoms with E-state index in [1.54, 1.807) is 39.1 Å². The molecule has 2 fully saturated rings. The molecule has 0 bridgehead atoms. The number of anilines is 8. The molecule has 74 heavy (non-hydrogen) atoms. The van der Waals surface area contributed by atoms with E-state index in [-0.39, 0.29) is 12.0 Å². The van der Waals surface area contributed by atoms with E-state index in [9.17, 15) is 19.3 Å². The van der Waals surface area contributed by atoms with Crippen LogP contribution >= 0.6 is 37.5 Å². The number of aliphatic hydroxyl groups excluding tert-OH is 2. The fourth-order valence-electron chi connectivity index (χ4n) is 11.4. The molecule has 6 aromatic rings. The highest BCUT2D eigenvalue weighted by atomic mass is 35.5. The summed E-state index contributed by atoms with van der Waals surface area (Å²) in [5, 5.41) is 37.3. The topological polar surface area (TPSA) is 181 Å². The van der Waals surface area contributed by atoms with Gasteiger partial charge in [0.2, 0.25) is 11.9 Å². The maximum atomic E-state index is 13.9. The number of halogens is 2. The second kappa shape index (κ2) is 22.0. The summed E-state index contributed by atoms with van der Waals surface area (Å²) < 4.78 is 27.1. The molecule has 2 aliphatic heterocycles. The predicted octanol–water partition coefficient (Wildman–Crippen LogP) is 10.4. The third-order valence-corrected chi connectivity index (χ3v) is 19.1. The van der Waals surface area contributed by atoms with Gasteiger partial charge in [0, 0.05) is 66.2 Å². The first kappa shape index (κ1) is 52.6. The number of rotatable bonds is 14. The minimum atomic E-state index is -2.79. The summed E-state index contributed by atoms with van der Waals surface area (Å²) in [4.78, 5) is 23.4. The van der Waals surface area contributed by atoms with Crippen molar-refractivity contribution in [3.05, 3.63) is 129 Å². The van der Waals surface area contributed by atoms with Gasteiger partial charge in [0.15, 0.2) is 11.6 Å². The molecule has 0 amide bonds. The van der Waals surface area contributed by atoms with Gasteiger partial charge in [-0.15, -0.1) is 0 Å². The molecule has 10 rings (SSSR count). The Hall–Kier alpha value is -4.88. The van der Waals surface area contributed by atoms with Crippen molar-refractivity contribution in [3.63, 3.8) is 0 Å². The first-order valence-electron chi connectivity index (χ1n) is 25.9. The van der Waals surface area contributed by atoms with Crippen molar-refractivity contribution in [1.82, 2.24) is 29.7 Å². The zero-order valence-corrected chi connectivity index (χ0v) is 46.2. The summed E-state index contributed by atoms with van der Waals surface area (Å²) in [6.07, 6.45) is 11.9. The molecule has 0 radical (unpaired) electrons. The van der Waals surface area contributed by atoms with Gasteiger partial charge in [-0.25, -0.2) is 9.97 Å². The Labute approximate surface area is 445 Å². The number of benzene rings is 4. The Morgan fingerprint density at radius 2 is 1.11 bits per heavy atom. The Morgan fingerprint density at radius 3 is 1.64 bits per heavy atom. The Bertz CT molecular complexity index is 3150. The van der Waals surface area contributed by atoms with E-state index < -0.39 is 20.4 Å². The van der Waals surface area contributed by atoms with Crippen molar-refractivity contribution in [2.75, 3.05) is 74.1 Å². The largest absolute Gasteiger partial charge is 0.392 e. The van der Waals surface area contributed by atoms with Crippen molar-refractivity contribution in [3.8, 4) is 0 Å². The van der Waals surface area contributed by atoms with Crippen LogP contribution in [0.25, 0.3) is 0 Å². The number of nitrogens with one attached hydrogen (secondary N) is 4. The molecule has 2 saturated heterocycles. The van der Waals surface area contributed by atoms with E-state index in [1.807, 2.05) is 43.3 Å². The summed E-state index contributed by atoms with van der Waals surface area (Å²) in [5.41, 5.74) is 10.5. The summed E-state index contributed by atoms with van der Waals surface area (Å²) in [5.74, 6) is 1.66. The lowest BCUT2D eigenvalue weighted by molar-refractivity contribution is 0.133. The quantitative estimate of drug-likeness (QED) is 0.0448. The molecule has 0 saturated carbocycles. The van der Waals surface area contributed by atoms with E-state index in [2.05, 4.69) is 77.4 Å². The van der Waals surface area contributed by atoms with E-state index in [0.717, 1.165) is 105 Å². The van der Waals surface area contributed by atoms with E-state index in [4.69, 9.17) is 33.2 Å². The third kappa shape index (κ3) is 12.4. The zero-order valence-electron chi connectivity index (χ0n) is 42.9. The van der Waals surface area contributed by atoms with Gasteiger partial charge in [0.1, 0.15) is 24.3 Å². The van der Waals surface area contributed by atoms with Crippen molar-refractivity contribution < 1.29 is 19.3 Å². The van der Waals surface area contributed by atoms with Gasteiger partial charge in [-0.1, -0.05) is 53.0 Å². The summed E-state index contributed by atoms with van der Waals surface area (Å²) in [7, 11) is -5.37. The minimum Gasteiger partial charge on any atom is -0.392 e. The molecule has 4 aromatic carbocycles. The number of aromatic nitrogens is 4. The fourth-order valence-corrected chi connectivity index (χ4v) is 14.1. The van der Waals surface area contributed by atoms with Gasteiger partial charge >= 0.3 is 0 Å². The standard InChI is InChI=1S/C56H68Cl2N10O4P2/c1-34-6-20-48(51(24-34)73(2,3)71)63-53-46(57)29-59-55(65-53)62-42-15-9-37-11-17-44(19-13-39(37)28-42)68-31-40(50(70)33-68)25-35-7-21-49(52(26-35)74(4,5)72)64-54-47(58)30-60-56(66-54)61-41-14-8-36-10-16-43(18-12-38(36)27-41)67-23-22-45(69)32-67/h6-9,14-15,20-21,24,26-30,40,43-45,50,69-70H,10-13,16-19,22-23,25,31-33H2,1-5H3,(H2,59,62,63,65)(H2,60,61,64,66)/t40?,43-,44+,45-,50+/m0/s1. The normalized spacial score (nSPS) is 21.6. The Morgan fingerprint density at radius 1 is 0.595 bits per heavy atom. The number of likely N-dealkylation sites (tertiary alicyclic amines) is 2. The zero-order chi connectivity index (χ0) is 51.9. The lowest BCUT2D eigenvalue weighted by atomic mass is 9.96. The van der Waals surface area contributed by atoms with E-state index in [1.165, 1.54) is 22.3 Å². The SMILES string of the molecule is Cc1ccc(Nc2nc(Nc3ccc4c(c3)CC[C@H](N3CC(Cc5ccc(Nc6nc(Nc7ccc8c(c7)CC[C@@H](N7CC[C@H](O)C7)CC8)ncc6Cl)c(P(C)(C)=O)c5)[C@H](O)C3)CC4)ncc2Cl)c(P(C)(C)=O)c1. The van der Waals surface area contributed by atoms with Crippen LogP contribution in [0.4, 0.5) is 46.3 Å². The van der Waals surface area contributed by atoms with Gasteiger partial charge in [-0.2, -0.15) is 9.97 Å². The first-order chi connectivity index (χ1) is 35.4. The van der Waals surface area contributed by atoms with Gasteiger partial charge in [-0.3, -0.25) is 9.80 Å². The summed E-state index contributed by atoms with van der Waals surface area (Å²) in [6, 6.07) is 25.6. The maximum Gasteiger partial charge on any atom is 0.229 e. The average Bonchev–Trinajstić information content (AvgIpc) is 3.79. The van der Waals surface area contributed by atoms with Crippen molar-refractivity contribution in [1.29, 1.82) is 0 Å². The average molecular weight is 1080 g/mol. The highest BCUT2D eigenvalue weighted by Crippen LogP contribution is 2.42. The van der Waals surface area contributed by atoms with Crippen LogP contribution in [0.5, 0.6) is 0 Å².